The van der Waals surface area contributed by atoms with Crippen molar-refractivity contribution in [2.75, 3.05) is 20.2 Å². The van der Waals surface area contributed by atoms with Gasteiger partial charge in [0, 0.05) is 13.1 Å². The van der Waals surface area contributed by atoms with Gasteiger partial charge in [0.1, 0.15) is 11.6 Å². The highest BCUT2D eigenvalue weighted by Gasteiger charge is 2.12. The monoisotopic (exact) mass is 212 g/mol. The molecule has 0 heterocycles. The summed E-state index contributed by atoms with van der Waals surface area (Å²) in [7, 11) is 1.42. The van der Waals surface area contributed by atoms with E-state index in [4.69, 9.17) is 10.5 Å². The van der Waals surface area contributed by atoms with Gasteiger partial charge in [-0.25, -0.2) is 4.39 Å². The molecular formula is C10H13FN2O2. The summed E-state index contributed by atoms with van der Waals surface area (Å²) in [5, 5.41) is 2.54. The number of benzene rings is 1. The molecule has 3 N–H and O–H groups in total. The smallest absolute Gasteiger partial charge is 0.255 e. The van der Waals surface area contributed by atoms with Gasteiger partial charge < -0.3 is 15.8 Å². The van der Waals surface area contributed by atoms with Gasteiger partial charge in [-0.2, -0.15) is 0 Å². The average molecular weight is 212 g/mol. The first-order valence-electron chi connectivity index (χ1n) is 4.51. The molecule has 0 fully saturated rings. The number of carbonyl (C=O) groups excluding carboxylic acids is 1. The second kappa shape index (κ2) is 5.31. The average Bonchev–Trinajstić information content (AvgIpc) is 2.25. The first-order valence-corrected chi connectivity index (χ1v) is 4.51. The highest BCUT2D eigenvalue weighted by Crippen LogP contribution is 2.18. The Hall–Kier alpha value is -1.62. The Kier molecular flexibility index (Phi) is 4.05. The van der Waals surface area contributed by atoms with Crippen molar-refractivity contribution in [1.82, 2.24) is 5.32 Å². The number of halogens is 1. The first kappa shape index (κ1) is 11.5. The van der Waals surface area contributed by atoms with Gasteiger partial charge in [-0.3, -0.25) is 4.79 Å². The van der Waals surface area contributed by atoms with Crippen LogP contribution in [0, 0.1) is 5.82 Å². The molecule has 1 aromatic rings. The van der Waals surface area contributed by atoms with E-state index in [0.29, 0.717) is 18.8 Å². The van der Waals surface area contributed by atoms with Crippen molar-refractivity contribution >= 4 is 5.91 Å². The number of hydrogen-bond acceptors (Lipinski definition) is 3. The fourth-order valence-electron chi connectivity index (χ4n) is 1.14. The summed E-state index contributed by atoms with van der Waals surface area (Å²) in [4.78, 5) is 11.5. The van der Waals surface area contributed by atoms with Gasteiger partial charge in [0.25, 0.3) is 5.91 Å². The highest BCUT2D eigenvalue weighted by molar-refractivity contribution is 5.96. The van der Waals surface area contributed by atoms with E-state index in [1.54, 1.807) is 0 Å². The minimum absolute atomic E-state index is 0.172. The van der Waals surface area contributed by atoms with Crippen LogP contribution in [0.25, 0.3) is 0 Å². The Morgan fingerprint density at radius 3 is 2.93 bits per heavy atom. The summed E-state index contributed by atoms with van der Waals surface area (Å²) in [5.41, 5.74) is 5.41. The summed E-state index contributed by atoms with van der Waals surface area (Å²) in [6.45, 7) is 0.682. The number of ether oxygens (including phenoxy) is 1. The molecule has 1 amide bonds. The van der Waals surface area contributed by atoms with Crippen molar-refractivity contribution in [2.24, 2.45) is 5.73 Å². The van der Waals surface area contributed by atoms with Crippen LogP contribution >= 0.6 is 0 Å². The van der Waals surface area contributed by atoms with Crippen LogP contribution in [-0.4, -0.2) is 26.1 Å². The van der Waals surface area contributed by atoms with E-state index in [1.807, 2.05) is 0 Å². The lowest BCUT2D eigenvalue weighted by atomic mass is 10.2. The lowest BCUT2D eigenvalue weighted by Crippen LogP contribution is -2.29. The van der Waals surface area contributed by atoms with Gasteiger partial charge in [-0.1, -0.05) is 0 Å². The third kappa shape index (κ3) is 2.92. The quantitative estimate of drug-likeness (QED) is 0.764. The van der Waals surface area contributed by atoms with Crippen molar-refractivity contribution in [1.29, 1.82) is 0 Å². The maximum Gasteiger partial charge on any atom is 0.255 e. The molecule has 0 spiro atoms. The number of methoxy groups -OCH3 is 1. The molecule has 0 radical (unpaired) electrons. The van der Waals surface area contributed by atoms with Crippen molar-refractivity contribution in [3.05, 3.63) is 29.6 Å². The van der Waals surface area contributed by atoms with Crippen molar-refractivity contribution in [3.8, 4) is 5.75 Å². The zero-order valence-corrected chi connectivity index (χ0v) is 8.42. The lowest BCUT2D eigenvalue weighted by molar-refractivity contribution is 0.0951. The van der Waals surface area contributed by atoms with E-state index in [9.17, 15) is 9.18 Å². The standard InChI is InChI=1S/C10H13FN2O2/c1-15-9-3-2-7(11)6-8(9)10(14)13-5-4-12/h2-3,6H,4-5,12H2,1H3,(H,13,14). The number of amides is 1. The molecule has 0 bridgehead atoms. The van der Waals surface area contributed by atoms with Gasteiger partial charge in [0.05, 0.1) is 12.7 Å². The second-order valence-electron chi connectivity index (χ2n) is 2.89. The molecule has 4 nitrogen and oxygen atoms in total. The molecule has 0 aliphatic rings. The van der Waals surface area contributed by atoms with E-state index in [1.165, 1.54) is 19.2 Å². The second-order valence-corrected chi connectivity index (χ2v) is 2.89. The Morgan fingerprint density at radius 2 is 2.33 bits per heavy atom. The van der Waals surface area contributed by atoms with E-state index in [2.05, 4.69) is 5.32 Å². The maximum atomic E-state index is 12.9. The SMILES string of the molecule is COc1ccc(F)cc1C(=O)NCCN. The third-order valence-corrected chi connectivity index (χ3v) is 1.84. The number of carbonyl (C=O) groups is 1. The van der Waals surface area contributed by atoms with Gasteiger partial charge >= 0.3 is 0 Å². The lowest BCUT2D eigenvalue weighted by Gasteiger charge is -2.08. The molecule has 1 aromatic carbocycles. The van der Waals surface area contributed by atoms with Crippen LogP contribution in [0.15, 0.2) is 18.2 Å². The Morgan fingerprint density at radius 1 is 1.60 bits per heavy atom. The van der Waals surface area contributed by atoms with Crippen LogP contribution in [0.1, 0.15) is 10.4 Å². The number of hydrogen-bond donors (Lipinski definition) is 2. The molecular weight excluding hydrogens is 199 g/mol. The number of nitrogens with one attached hydrogen (secondary N) is 1. The van der Waals surface area contributed by atoms with Crippen LogP contribution in [0.5, 0.6) is 5.75 Å². The summed E-state index contributed by atoms with van der Waals surface area (Å²) < 4.78 is 17.8. The van der Waals surface area contributed by atoms with Gasteiger partial charge in [0.2, 0.25) is 0 Å². The van der Waals surface area contributed by atoms with Crippen molar-refractivity contribution in [3.63, 3.8) is 0 Å². The van der Waals surface area contributed by atoms with Gasteiger partial charge in [-0.15, -0.1) is 0 Å². The molecule has 82 valence electrons. The molecule has 0 saturated heterocycles. The topological polar surface area (TPSA) is 64.3 Å². The fourth-order valence-corrected chi connectivity index (χ4v) is 1.14. The molecule has 0 aromatic heterocycles. The van der Waals surface area contributed by atoms with E-state index < -0.39 is 11.7 Å². The molecule has 0 atom stereocenters. The zero-order valence-electron chi connectivity index (χ0n) is 8.42. The minimum Gasteiger partial charge on any atom is -0.496 e. The van der Waals surface area contributed by atoms with Crippen LogP contribution < -0.4 is 15.8 Å². The van der Waals surface area contributed by atoms with Gasteiger partial charge in [0.15, 0.2) is 0 Å². The van der Waals surface area contributed by atoms with Crippen LogP contribution in [-0.2, 0) is 0 Å². The number of rotatable bonds is 4. The summed E-state index contributed by atoms with van der Waals surface area (Å²) in [5.74, 6) is -0.531. The number of nitrogens with two attached hydrogens (primary N) is 1. The van der Waals surface area contributed by atoms with Gasteiger partial charge in [-0.05, 0) is 18.2 Å². The van der Waals surface area contributed by atoms with E-state index in [0.717, 1.165) is 6.07 Å². The third-order valence-electron chi connectivity index (χ3n) is 1.84. The molecule has 0 aliphatic heterocycles. The Bertz CT molecular complexity index is 355. The van der Waals surface area contributed by atoms with Crippen molar-refractivity contribution < 1.29 is 13.9 Å². The molecule has 1 rings (SSSR count). The molecule has 5 heteroatoms. The predicted molar refractivity (Wildman–Crippen MR) is 54.3 cm³/mol. The molecule has 0 unspecified atom stereocenters. The zero-order chi connectivity index (χ0) is 11.3. The largest absolute Gasteiger partial charge is 0.496 e. The summed E-state index contributed by atoms with van der Waals surface area (Å²) in [6.07, 6.45) is 0. The highest BCUT2D eigenvalue weighted by atomic mass is 19.1. The normalized spacial score (nSPS) is 9.80. The Balaban J connectivity index is 2.90. The first-order chi connectivity index (χ1) is 7.19. The van der Waals surface area contributed by atoms with Crippen molar-refractivity contribution in [2.45, 2.75) is 0 Å². The summed E-state index contributed by atoms with van der Waals surface area (Å²) >= 11 is 0. The maximum absolute atomic E-state index is 12.9. The molecule has 0 saturated carbocycles. The predicted octanol–water partition coefficient (Wildman–Crippen LogP) is 0.523. The Labute approximate surface area is 87.2 Å². The van der Waals surface area contributed by atoms with Crippen LogP contribution in [0.4, 0.5) is 4.39 Å². The molecule has 0 aliphatic carbocycles. The molecule has 15 heavy (non-hydrogen) atoms. The van der Waals surface area contributed by atoms with E-state index in [-0.39, 0.29) is 5.56 Å². The van der Waals surface area contributed by atoms with Crippen LogP contribution in [0.2, 0.25) is 0 Å². The van der Waals surface area contributed by atoms with E-state index >= 15 is 0 Å². The summed E-state index contributed by atoms with van der Waals surface area (Å²) in [6, 6.07) is 3.77. The van der Waals surface area contributed by atoms with Crippen LogP contribution in [0.3, 0.4) is 0 Å². The fraction of sp³-hybridized carbons (Fsp3) is 0.300. The minimum atomic E-state index is -0.478.